The number of halogens is 1. The number of fused-ring (bicyclic) bond motifs is 1. The molecule has 0 bridgehead atoms. The number of para-hydroxylation sites is 1. The third-order valence-electron chi connectivity index (χ3n) is 2.64. The Morgan fingerprint density at radius 3 is 2.78 bits per heavy atom. The van der Waals surface area contributed by atoms with Gasteiger partial charge in [-0.25, -0.2) is 4.98 Å². The van der Waals surface area contributed by atoms with E-state index in [2.05, 4.69) is 4.98 Å². The minimum Gasteiger partial charge on any atom is -0.453 e. The van der Waals surface area contributed by atoms with Gasteiger partial charge in [0.1, 0.15) is 10.7 Å². The zero-order valence-electron chi connectivity index (χ0n) is 9.26. The summed E-state index contributed by atoms with van der Waals surface area (Å²) >= 11 is 5.76. The third kappa shape index (κ3) is 1.89. The number of pyridine rings is 1. The Hall–Kier alpha value is -2.13. The molecule has 0 fully saturated rings. The van der Waals surface area contributed by atoms with Gasteiger partial charge in [-0.05, 0) is 24.3 Å². The Morgan fingerprint density at radius 2 is 2.00 bits per heavy atom. The summed E-state index contributed by atoms with van der Waals surface area (Å²) in [5, 5.41) is 1.19. The highest BCUT2D eigenvalue weighted by molar-refractivity contribution is 6.29. The second kappa shape index (κ2) is 4.27. The summed E-state index contributed by atoms with van der Waals surface area (Å²) in [6.45, 7) is 0. The molecule has 0 N–H and O–H groups in total. The van der Waals surface area contributed by atoms with Crippen molar-refractivity contribution in [1.29, 1.82) is 0 Å². The van der Waals surface area contributed by atoms with E-state index in [0.29, 0.717) is 16.9 Å². The molecule has 0 amide bonds. The van der Waals surface area contributed by atoms with E-state index >= 15 is 0 Å². The van der Waals surface area contributed by atoms with Crippen LogP contribution in [0.5, 0.6) is 0 Å². The molecule has 88 valence electrons. The van der Waals surface area contributed by atoms with Crippen molar-refractivity contribution < 1.29 is 9.21 Å². The van der Waals surface area contributed by atoms with Crippen molar-refractivity contribution in [3.8, 4) is 0 Å². The summed E-state index contributed by atoms with van der Waals surface area (Å²) < 4.78 is 5.51. The molecule has 3 nitrogen and oxygen atoms in total. The maximum absolute atomic E-state index is 12.2. The number of carbonyl (C=O) groups is 1. The van der Waals surface area contributed by atoms with E-state index in [1.165, 1.54) is 12.3 Å². The summed E-state index contributed by atoms with van der Waals surface area (Å²) in [6, 6.07) is 12.4. The molecule has 4 heteroatoms. The van der Waals surface area contributed by atoms with Gasteiger partial charge in [-0.1, -0.05) is 29.8 Å². The third-order valence-corrected chi connectivity index (χ3v) is 2.84. The molecule has 1 aromatic carbocycles. The van der Waals surface area contributed by atoms with Crippen molar-refractivity contribution in [2.24, 2.45) is 0 Å². The quantitative estimate of drug-likeness (QED) is 0.519. The second-order valence-electron chi connectivity index (χ2n) is 3.84. The minimum absolute atomic E-state index is 0.199. The van der Waals surface area contributed by atoms with Crippen LogP contribution < -0.4 is 0 Å². The van der Waals surface area contributed by atoms with E-state index in [1.54, 1.807) is 12.1 Å². The minimum atomic E-state index is -0.199. The van der Waals surface area contributed by atoms with Crippen LogP contribution in [-0.4, -0.2) is 10.8 Å². The molecule has 0 saturated heterocycles. The normalized spacial score (nSPS) is 10.7. The van der Waals surface area contributed by atoms with E-state index in [-0.39, 0.29) is 10.9 Å². The highest BCUT2D eigenvalue weighted by Crippen LogP contribution is 2.21. The lowest BCUT2D eigenvalue weighted by atomic mass is 10.1. The van der Waals surface area contributed by atoms with Crippen molar-refractivity contribution in [2.45, 2.75) is 0 Å². The van der Waals surface area contributed by atoms with E-state index in [1.807, 2.05) is 24.3 Å². The number of furan rings is 1. The number of rotatable bonds is 2. The average molecular weight is 258 g/mol. The number of carbonyl (C=O) groups excluding carboxylic acids is 1. The fraction of sp³-hybridized carbons (Fsp3) is 0. The number of nitrogens with zero attached hydrogens (tertiary/aromatic N) is 1. The SMILES string of the molecule is O=C(c1ccnc(Cl)c1)c1cc2ccccc2o1. The van der Waals surface area contributed by atoms with Crippen LogP contribution in [0.3, 0.4) is 0 Å². The standard InChI is InChI=1S/C14H8ClNO2/c15-13-8-10(5-6-16-13)14(17)12-7-9-3-1-2-4-11(9)18-12/h1-8H. The van der Waals surface area contributed by atoms with Crippen LogP contribution in [0.1, 0.15) is 16.1 Å². The van der Waals surface area contributed by atoms with Gasteiger partial charge in [0, 0.05) is 17.1 Å². The molecule has 0 aliphatic rings. The van der Waals surface area contributed by atoms with Crippen LogP contribution in [0.2, 0.25) is 5.15 Å². The Bertz CT molecular complexity index is 700. The molecule has 2 heterocycles. The van der Waals surface area contributed by atoms with Gasteiger partial charge < -0.3 is 4.42 Å². The van der Waals surface area contributed by atoms with Crippen LogP contribution in [0, 0.1) is 0 Å². The first-order valence-electron chi connectivity index (χ1n) is 5.39. The van der Waals surface area contributed by atoms with Gasteiger partial charge in [-0.15, -0.1) is 0 Å². The number of benzene rings is 1. The van der Waals surface area contributed by atoms with Crippen LogP contribution in [0.4, 0.5) is 0 Å². The van der Waals surface area contributed by atoms with Gasteiger partial charge in [-0.3, -0.25) is 4.79 Å². The molecule has 0 aliphatic carbocycles. The second-order valence-corrected chi connectivity index (χ2v) is 4.23. The van der Waals surface area contributed by atoms with Gasteiger partial charge in [-0.2, -0.15) is 0 Å². The van der Waals surface area contributed by atoms with Gasteiger partial charge in [0.25, 0.3) is 0 Å². The molecule has 2 aromatic heterocycles. The fourth-order valence-electron chi connectivity index (χ4n) is 1.78. The zero-order valence-corrected chi connectivity index (χ0v) is 10.0. The molecule has 0 spiro atoms. The summed E-state index contributed by atoms with van der Waals surface area (Å²) in [5.74, 6) is 0.106. The van der Waals surface area contributed by atoms with Gasteiger partial charge in [0.15, 0.2) is 5.76 Å². The number of hydrogen-bond donors (Lipinski definition) is 0. The van der Waals surface area contributed by atoms with E-state index in [0.717, 1.165) is 5.39 Å². The van der Waals surface area contributed by atoms with Crippen molar-refractivity contribution in [3.05, 3.63) is 65.1 Å². The Balaban J connectivity index is 2.06. The number of ketones is 1. The van der Waals surface area contributed by atoms with Crippen LogP contribution >= 0.6 is 11.6 Å². The van der Waals surface area contributed by atoms with Gasteiger partial charge in [0.05, 0.1) is 0 Å². The van der Waals surface area contributed by atoms with Crippen LogP contribution in [0.25, 0.3) is 11.0 Å². The van der Waals surface area contributed by atoms with Crippen LogP contribution in [0.15, 0.2) is 53.1 Å². The maximum Gasteiger partial charge on any atom is 0.228 e. The Labute approximate surface area is 108 Å². The van der Waals surface area contributed by atoms with E-state index in [4.69, 9.17) is 16.0 Å². The molecule has 3 aromatic rings. The lowest BCUT2D eigenvalue weighted by Gasteiger charge is -1.96. The smallest absolute Gasteiger partial charge is 0.228 e. The predicted molar refractivity (Wildman–Crippen MR) is 68.9 cm³/mol. The number of hydrogen-bond acceptors (Lipinski definition) is 3. The molecule has 3 rings (SSSR count). The molecule has 0 atom stereocenters. The Morgan fingerprint density at radius 1 is 1.17 bits per heavy atom. The summed E-state index contributed by atoms with van der Waals surface area (Å²) in [5.41, 5.74) is 1.16. The summed E-state index contributed by atoms with van der Waals surface area (Å²) in [7, 11) is 0. The predicted octanol–water partition coefficient (Wildman–Crippen LogP) is 3.71. The van der Waals surface area contributed by atoms with E-state index < -0.39 is 0 Å². The number of aromatic nitrogens is 1. The van der Waals surface area contributed by atoms with Crippen molar-refractivity contribution in [1.82, 2.24) is 4.98 Å². The van der Waals surface area contributed by atoms with Crippen LogP contribution in [-0.2, 0) is 0 Å². The summed E-state index contributed by atoms with van der Waals surface area (Å²) in [4.78, 5) is 16.0. The first-order chi connectivity index (χ1) is 8.74. The van der Waals surface area contributed by atoms with Crippen molar-refractivity contribution >= 4 is 28.4 Å². The molecule has 18 heavy (non-hydrogen) atoms. The first kappa shape index (κ1) is 11.0. The van der Waals surface area contributed by atoms with Gasteiger partial charge >= 0.3 is 0 Å². The molecular weight excluding hydrogens is 250 g/mol. The monoisotopic (exact) mass is 257 g/mol. The van der Waals surface area contributed by atoms with Crippen molar-refractivity contribution in [3.63, 3.8) is 0 Å². The lowest BCUT2D eigenvalue weighted by molar-refractivity contribution is 0.101. The molecule has 0 aliphatic heterocycles. The highest BCUT2D eigenvalue weighted by atomic mass is 35.5. The molecular formula is C14H8ClNO2. The fourth-order valence-corrected chi connectivity index (χ4v) is 1.95. The largest absolute Gasteiger partial charge is 0.453 e. The zero-order chi connectivity index (χ0) is 12.5. The first-order valence-corrected chi connectivity index (χ1v) is 5.77. The average Bonchev–Trinajstić information content (AvgIpc) is 2.81. The maximum atomic E-state index is 12.2. The lowest BCUT2D eigenvalue weighted by Crippen LogP contribution is -1.99. The molecule has 0 radical (unpaired) electrons. The Kier molecular flexibility index (Phi) is 2.61. The topological polar surface area (TPSA) is 43.1 Å². The summed E-state index contributed by atoms with van der Waals surface area (Å²) in [6.07, 6.45) is 1.50. The van der Waals surface area contributed by atoms with E-state index in [9.17, 15) is 4.79 Å². The van der Waals surface area contributed by atoms with Crippen molar-refractivity contribution in [2.75, 3.05) is 0 Å². The molecule has 0 unspecified atom stereocenters. The molecule has 0 saturated carbocycles. The highest BCUT2D eigenvalue weighted by Gasteiger charge is 2.14. The van der Waals surface area contributed by atoms with Gasteiger partial charge in [0.2, 0.25) is 5.78 Å².